The van der Waals surface area contributed by atoms with E-state index in [4.69, 9.17) is 17.3 Å². The first-order valence-corrected chi connectivity index (χ1v) is 8.15. The maximum atomic E-state index is 6.09. The van der Waals surface area contributed by atoms with Crippen LogP contribution in [0.3, 0.4) is 0 Å². The molecule has 1 aliphatic heterocycles. The summed E-state index contributed by atoms with van der Waals surface area (Å²) in [5.41, 5.74) is 8.54. The van der Waals surface area contributed by atoms with Crippen molar-refractivity contribution in [1.82, 2.24) is 4.90 Å². The minimum atomic E-state index is 0.308. The molecule has 0 aliphatic carbocycles. The molecule has 1 fully saturated rings. The number of halogens is 1. The Bertz CT molecular complexity index is 594. The van der Waals surface area contributed by atoms with Crippen LogP contribution in [-0.4, -0.2) is 37.6 Å². The van der Waals surface area contributed by atoms with Crippen LogP contribution in [0.5, 0.6) is 0 Å². The number of nitrogens with zero attached hydrogens (tertiary/aromatic N) is 2. The molecule has 1 atom stereocenters. The number of anilines is 1. The number of hydrogen-bond acceptors (Lipinski definition) is 3. The summed E-state index contributed by atoms with van der Waals surface area (Å²) in [7, 11) is 0. The molecule has 0 amide bonds. The fraction of sp³-hybridized carbons (Fsp3) is 0.333. The molecule has 2 aromatic carbocycles. The molecule has 0 unspecified atom stereocenters. The van der Waals surface area contributed by atoms with Crippen molar-refractivity contribution < 1.29 is 0 Å². The summed E-state index contributed by atoms with van der Waals surface area (Å²) in [6.45, 7) is 4.70. The van der Waals surface area contributed by atoms with Crippen LogP contribution in [0, 0.1) is 0 Å². The first-order valence-electron chi connectivity index (χ1n) is 7.77. The van der Waals surface area contributed by atoms with Crippen molar-refractivity contribution in [3.05, 3.63) is 65.2 Å². The zero-order valence-corrected chi connectivity index (χ0v) is 13.4. The van der Waals surface area contributed by atoms with Crippen LogP contribution in [0.2, 0.25) is 5.02 Å². The smallest absolute Gasteiger partial charge is 0.0471 e. The van der Waals surface area contributed by atoms with Crippen molar-refractivity contribution in [1.29, 1.82) is 0 Å². The molecule has 4 heteroatoms. The quantitative estimate of drug-likeness (QED) is 0.940. The largest absolute Gasteiger partial charge is 0.369 e. The van der Waals surface area contributed by atoms with Gasteiger partial charge < -0.3 is 10.6 Å². The second kappa shape index (κ2) is 7.14. The second-order valence-corrected chi connectivity index (χ2v) is 6.10. The fourth-order valence-electron chi connectivity index (χ4n) is 3.14. The first kappa shape index (κ1) is 15.3. The highest BCUT2D eigenvalue weighted by Crippen LogP contribution is 2.24. The number of hydrogen-bond donors (Lipinski definition) is 1. The molecule has 3 nitrogen and oxygen atoms in total. The van der Waals surface area contributed by atoms with Crippen LogP contribution in [0.25, 0.3) is 0 Å². The second-order valence-electron chi connectivity index (χ2n) is 5.67. The number of piperazine rings is 1. The molecule has 0 spiro atoms. The Morgan fingerprint density at radius 1 is 0.955 bits per heavy atom. The number of rotatable bonds is 4. The monoisotopic (exact) mass is 315 g/mol. The van der Waals surface area contributed by atoms with Gasteiger partial charge in [0.2, 0.25) is 0 Å². The van der Waals surface area contributed by atoms with E-state index in [1.807, 2.05) is 24.3 Å². The van der Waals surface area contributed by atoms with Crippen LogP contribution in [0.15, 0.2) is 54.6 Å². The molecule has 2 N–H and O–H groups in total. The van der Waals surface area contributed by atoms with Gasteiger partial charge in [0, 0.05) is 49.5 Å². The molecule has 0 saturated carbocycles. The summed E-state index contributed by atoms with van der Waals surface area (Å²) in [6.07, 6.45) is 0. The Balaban J connectivity index is 1.66. The maximum absolute atomic E-state index is 6.09. The lowest BCUT2D eigenvalue weighted by Gasteiger charge is -2.40. The van der Waals surface area contributed by atoms with E-state index in [1.165, 1.54) is 11.3 Å². The molecule has 1 heterocycles. The average molecular weight is 316 g/mol. The molecule has 0 bridgehead atoms. The highest BCUT2D eigenvalue weighted by atomic mass is 35.5. The van der Waals surface area contributed by atoms with E-state index in [2.05, 4.69) is 40.1 Å². The molecule has 3 rings (SSSR count). The molecule has 22 heavy (non-hydrogen) atoms. The van der Waals surface area contributed by atoms with Crippen LogP contribution in [-0.2, 0) is 0 Å². The van der Waals surface area contributed by atoms with E-state index < -0.39 is 0 Å². The number of nitrogens with two attached hydrogens (primary N) is 1. The lowest BCUT2D eigenvalue weighted by atomic mass is 10.0. The van der Waals surface area contributed by atoms with Gasteiger partial charge in [-0.3, -0.25) is 4.90 Å². The summed E-state index contributed by atoms with van der Waals surface area (Å²) < 4.78 is 0. The van der Waals surface area contributed by atoms with Gasteiger partial charge in [0.1, 0.15) is 0 Å². The predicted molar refractivity (Wildman–Crippen MR) is 93.5 cm³/mol. The van der Waals surface area contributed by atoms with Crippen molar-refractivity contribution in [3.63, 3.8) is 0 Å². The molecular formula is C18H22ClN3. The average Bonchev–Trinajstić information content (AvgIpc) is 2.57. The van der Waals surface area contributed by atoms with Crippen molar-refractivity contribution in [2.45, 2.75) is 6.04 Å². The van der Waals surface area contributed by atoms with Gasteiger partial charge in [-0.25, -0.2) is 0 Å². The summed E-state index contributed by atoms with van der Waals surface area (Å²) in [5.74, 6) is 0. The Hall–Kier alpha value is -1.55. The molecular weight excluding hydrogens is 294 g/mol. The van der Waals surface area contributed by atoms with E-state index in [0.717, 1.165) is 31.2 Å². The van der Waals surface area contributed by atoms with E-state index in [0.29, 0.717) is 12.6 Å². The van der Waals surface area contributed by atoms with E-state index >= 15 is 0 Å². The summed E-state index contributed by atoms with van der Waals surface area (Å²) >= 11 is 6.09. The summed E-state index contributed by atoms with van der Waals surface area (Å²) in [5, 5.41) is 0.795. The third kappa shape index (κ3) is 3.43. The number of benzene rings is 2. The molecule has 2 aromatic rings. The molecule has 116 valence electrons. The minimum Gasteiger partial charge on any atom is -0.369 e. The van der Waals surface area contributed by atoms with Crippen LogP contribution >= 0.6 is 11.6 Å². The summed E-state index contributed by atoms with van der Waals surface area (Å²) in [6, 6.07) is 18.9. The molecule has 0 radical (unpaired) electrons. The van der Waals surface area contributed by atoms with Gasteiger partial charge in [0.05, 0.1) is 0 Å². The van der Waals surface area contributed by atoms with E-state index in [1.54, 1.807) is 0 Å². The Kier molecular flexibility index (Phi) is 4.98. The van der Waals surface area contributed by atoms with Gasteiger partial charge in [-0.15, -0.1) is 0 Å². The zero-order chi connectivity index (χ0) is 15.4. The van der Waals surface area contributed by atoms with Crippen LogP contribution < -0.4 is 10.6 Å². The molecule has 1 aliphatic rings. The van der Waals surface area contributed by atoms with Crippen molar-refractivity contribution >= 4 is 17.3 Å². The Morgan fingerprint density at radius 2 is 1.68 bits per heavy atom. The maximum Gasteiger partial charge on any atom is 0.0471 e. The normalized spacial score (nSPS) is 17.5. The van der Waals surface area contributed by atoms with Crippen molar-refractivity contribution in [2.75, 3.05) is 37.6 Å². The van der Waals surface area contributed by atoms with Gasteiger partial charge in [-0.1, -0.05) is 48.0 Å². The lowest BCUT2D eigenvalue weighted by molar-refractivity contribution is 0.190. The first-order chi connectivity index (χ1) is 10.8. The van der Waals surface area contributed by atoms with Gasteiger partial charge >= 0.3 is 0 Å². The van der Waals surface area contributed by atoms with E-state index in [9.17, 15) is 0 Å². The Morgan fingerprint density at radius 3 is 2.32 bits per heavy atom. The zero-order valence-electron chi connectivity index (χ0n) is 12.7. The Labute approximate surface area is 137 Å². The molecule has 1 saturated heterocycles. The third-order valence-electron chi connectivity index (χ3n) is 4.34. The summed E-state index contributed by atoms with van der Waals surface area (Å²) in [4.78, 5) is 4.87. The van der Waals surface area contributed by atoms with Gasteiger partial charge in [-0.2, -0.15) is 0 Å². The van der Waals surface area contributed by atoms with Gasteiger partial charge in [0.25, 0.3) is 0 Å². The standard InChI is InChI=1S/C18H22ClN3/c19-16-7-4-8-17(13-16)21-9-11-22(12-10-21)18(14-20)15-5-2-1-3-6-15/h1-8,13,18H,9-12,14,20H2/t18-/m1/s1. The molecule has 0 aromatic heterocycles. The predicted octanol–water partition coefficient (Wildman–Crippen LogP) is 3.16. The SMILES string of the molecule is NC[C@H](c1ccccc1)N1CCN(c2cccc(Cl)c2)CC1. The van der Waals surface area contributed by atoms with Crippen molar-refractivity contribution in [3.8, 4) is 0 Å². The third-order valence-corrected chi connectivity index (χ3v) is 4.57. The van der Waals surface area contributed by atoms with Gasteiger partial charge in [-0.05, 0) is 23.8 Å². The van der Waals surface area contributed by atoms with Gasteiger partial charge in [0.15, 0.2) is 0 Å². The van der Waals surface area contributed by atoms with Crippen LogP contribution in [0.1, 0.15) is 11.6 Å². The van der Waals surface area contributed by atoms with Crippen LogP contribution in [0.4, 0.5) is 5.69 Å². The van der Waals surface area contributed by atoms with E-state index in [-0.39, 0.29) is 0 Å². The highest BCUT2D eigenvalue weighted by Gasteiger charge is 2.24. The lowest BCUT2D eigenvalue weighted by Crippen LogP contribution is -2.49. The van der Waals surface area contributed by atoms with Crippen molar-refractivity contribution in [2.24, 2.45) is 5.73 Å². The minimum absolute atomic E-state index is 0.308. The fourth-order valence-corrected chi connectivity index (χ4v) is 3.32. The topological polar surface area (TPSA) is 32.5 Å². The highest BCUT2D eigenvalue weighted by molar-refractivity contribution is 6.30.